The van der Waals surface area contributed by atoms with Crippen molar-refractivity contribution < 1.29 is 9.47 Å². The minimum Gasteiger partial charge on any atom is -0.462 e. The van der Waals surface area contributed by atoms with Gasteiger partial charge in [0, 0.05) is 18.9 Å². The van der Waals surface area contributed by atoms with Crippen LogP contribution in [-0.4, -0.2) is 5.79 Å². The van der Waals surface area contributed by atoms with Crippen molar-refractivity contribution in [2.75, 3.05) is 0 Å². The van der Waals surface area contributed by atoms with E-state index in [4.69, 9.17) is 9.47 Å². The van der Waals surface area contributed by atoms with Crippen LogP contribution in [-0.2, 0) is 10.3 Å². The molecule has 2 heterocycles. The van der Waals surface area contributed by atoms with E-state index in [1.54, 1.807) is 0 Å². The molecule has 3 rings (SSSR count). The highest BCUT2D eigenvalue weighted by atomic mass is 16.7. The van der Waals surface area contributed by atoms with Crippen molar-refractivity contribution >= 4 is 0 Å². The SMILES string of the molecule is Cc1ccc2c(c1)C1(C(C)C)CC[C@@](C)(O2)O1. The van der Waals surface area contributed by atoms with Crippen LogP contribution in [0.4, 0.5) is 0 Å². The van der Waals surface area contributed by atoms with Crippen LogP contribution in [0.3, 0.4) is 0 Å². The first kappa shape index (κ1) is 11.1. The molecule has 1 aromatic carbocycles. The molecule has 1 unspecified atom stereocenters. The van der Waals surface area contributed by atoms with Gasteiger partial charge in [0.15, 0.2) is 0 Å². The van der Waals surface area contributed by atoms with Crippen LogP contribution in [0.15, 0.2) is 18.2 Å². The molecule has 0 saturated carbocycles. The first-order valence-electron chi connectivity index (χ1n) is 6.46. The van der Waals surface area contributed by atoms with Gasteiger partial charge in [0.2, 0.25) is 5.79 Å². The molecule has 2 atom stereocenters. The molecule has 0 spiro atoms. The van der Waals surface area contributed by atoms with Gasteiger partial charge in [-0.1, -0.05) is 25.5 Å². The Morgan fingerprint density at radius 1 is 1.24 bits per heavy atom. The van der Waals surface area contributed by atoms with E-state index in [9.17, 15) is 0 Å². The topological polar surface area (TPSA) is 18.5 Å². The third-order valence-corrected chi connectivity index (χ3v) is 4.20. The van der Waals surface area contributed by atoms with E-state index in [1.165, 1.54) is 11.1 Å². The third-order valence-electron chi connectivity index (χ3n) is 4.20. The van der Waals surface area contributed by atoms with Gasteiger partial charge in [-0.2, -0.15) is 0 Å². The predicted octanol–water partition coefficient (Wildman–Crippen LogP) is 3.77. The van der Waals surface area contributed by atoms with E-state index in [-0.39, 0.29) is 5.60 Å². The molecular formula is C15H20O2. The predicted molar refractivity (Wildman–Crippen MR) is 67.0 cm³/mol. The summed E-state index contributed by atoms with van der Waals surface area (Å²) in [4.78, 5) is 0. The fourth-order valence-corrected chi connectivity index (χ4v) is 3.18. The number of benzene rings is 1. The zero-order chi connectivity index (χ0) is 12.3. The maximum atomic E-state index is 6.29. The maximum Gasteiger partial charge on any atom is 0.208 e. The average molecular weight is 232 g/mol. The lowest BCUT2D eigenvalue weighted by Crippen LogP contribution is -2.43. The van der Waals surface area contributed by atoms with Gasteiger partial charge in [0.25, 0.3) is 0 Å². The van der Waals surface area contributed by atoms with Crippen molar-refractivity contribution in [3.8, 4) is 5.75 Å². The number of hydrogen-bond acceptors (Lipinski definition) is 2. The largest absolute Gasteiger partial charge is 0.462 e. The lowest BCUT2D eigenvalue weighted by atomic mass is 9.80. The zero-order valence-electron chi connectivity index (χ0n) is 11.0. The lowest BCUT2D eigenvalue weighted by molar-refractivity contribution is -0.230. The highest BCUT2D eigenvalue weighted by Gasteiger charge is 2.55. The summed E-state index contributed by atoms with van der Waals surface area (Å²) >= 11 is 0. The van der Waals surface area contributed by atoms with Crippen LogP contribution < -0.4 is 4.74 Å². The Morgan fingerprint density at radius 3 is 2.71 bits per heavy atom. The summed E-state index contributed by atoms with van der Waals surface area (Å²) in [6.07, 6.45) is 2.02. The van der Waals surface area contributed by atoms with Crippen molar-refractivity contribution in [2.24, 2.45) is 5.92 Å². The van der Waals surface area contributed by atoms with Crippen LogP contribution in [0.1, 0.15) is 44.7 Å². The van der Waals surface area contributed by atoms with Crippen molar-refractivity contribution in [2.45, 2.75) is 51.9 Å². The normalized spacial score (nSPS) is 34.6. The van der Waals surface area contributed by atoms with Gasteiger partial charge < -0.3 is 9.47 Å². The van der Waals surface area contributed by atoms with Crippen LogP contribution >= 0.6 is 0 Å². The highest BCUT2D eigenvalue weighted by molar-refractivity contribution is 5.44. The minimum atomic E-state index is -0.424. The van der Waals surface area contributed by atoms with Crippen molar-refractivity contribution in [3.63, 3.8) is 0 Å². The van der Waals surface area contributed by atoms with Crippen LogP contribution in [0.25, 0.3) is 0 Å². The molecule has 1 aromatic rings. The van der Waals surface area contributed by atoms with E-state index in [0.717, 1.165) is 18.6 Å². The molecule has 1 fully saturated rings. The second-order valence-corrected chi connectivity index (χ2v) is 5.88. The van der Waals surface area contributed by atoms with E-state index in [0.29, 0.717) is 5.92 Å². The molecule has 0 radical (unpaired) electrons. The molecule has 2 bridgehead atoms. The van der Waals surface area contributed by atoms with E-state index in [2.05, 4.69) is 45.9 Å². The monoisotopic (exact) mass is 232 g/mol. The Morgan fingerprint density at radius 2 is 2.00 bits per heavy atom. The van der Waals surface area contributed by atoms with E-state index < -0.39 is 5.79 Å². The number of fused-ring (bicyclic) bond motifs is 4. The van der Waals surface area contributed by atoms with Crippen LogP contribution in [0, 0.1) is 12.8 Å². The summed E-state index contributed by atoms with van der Waals surface area (Å²) in [7, 11) is 0. The molecule has 92 valence electrons. The standard InChI is InChI=1S/C15H20O2/c1-10(2)15-8-7-14(4,17-15)16-13-6-5-11(3)9-12(13)15/h5-6,9-10H,7-8H2,1-4H3/t14-,15?/m0/s1. The van der Waals surface area contributed by atoms with Gasteiger partial charge in [-0.05, 0) is 31.4 Å². The van der Waals surface area contributed by atoms with Gasteiger partial charge in [-0.3, -0.25) is 0 Å². The van der Waals surface area contributed by atoms with Gasteiger partial charge in [0.1, 0.15) is 11.4 Å². The van der Waals surface area contributed by atoms with Gasteiger partial charge in [-0.25, -0.2) is 0 Å². The Balaban J connectivity index is 2.21. The third kappa shape index (κ3) is 1.43. The zero-order valence-corrected chi connectivity index (χ0v) is 11.0. The fraction of sp³-hybridized carbons (Fsp3) is 0.600. The van der Waals surface area contributed by atoms with Gasteiger partial charge >= 0.3 is 0 Å². The Bertz CT molecular complexity index is 466. The van der Waals surface area contributed by atoms with Crippen molar-refractivity contribution in [1.82, 2.24) is 0 Å². The summed E-state index contributed by atoms with van der Waals surface area (Å²) in [5, 5.41) is 0. The summed E-state index contributed by atoms with van der Waals surface area (Å²) in [5.74, 6) is 1.05. The summed E-state index contributed by atoms with van der Waals surface area (Å²) in [6.45, 7) is 8.66. The first-order valence-corrected chi connectivity index (χ1v) is 6.46. The molecule has 2 aliphatic heterocycles. The van der Waals surface area contributed by atoms with E-state index in [1.807, 2.05) is 0 Å². The molecule has 1 saturated heterocycles. The number of ether oxygens (including phenoxy) is 2. The fourth-order valence-electron chi connectivity index (χ4n) is 3.18. The molecule has 2 heteroatoms. The van der Waals surface area contributed by atoms with Crippen LogP contribution in [0.5, 0.6) is 5.75 Å². The number of aryl methyl sites for hydroxylation is 1. The Kier molecular flexibility index (Phi) is 2.13. The van der Waals surface area contributed by atoms with E-state index >= 15 is 0 Å². The summed E-state index contributed by atoms with van der Waals surface area (Å²) in [5.41, 5.74) is 2.36. The maximum absolute atomic E-state index is 6.29. The smallest absolute Gasteiger partial charge is 0.208 e. The molecule has 0 aromatic heterocycles. The molecule has 0 N–H and O–H groups in total. The minimum absolute atomic E-state index is 0.144. The number of hydrogen-bond donors (Lipinski definition) is 0. The molecule has 2 nitrogen and oxygen atoms in total. The molecule has 0 amide bonds. The Hall–Kier alpha value is -1.02. The first-order chi connectivity index (χ1) is 7.95. The van der Waals surface area contributed by atoms with Crippen LogP contribution in [0.2, 0.25) is 0 Å². The van der Waals surface area contributed by atoms with Crippen molar-refractivity contribution in [1.29, 1.82) is 0 Å². The summed E-state index contributed by atoms with van der Waals surface area (Å²) < 4.78 is 12.3. The molecule has 0 aliphatic carbocycles. The molecular weight excluding hydrogens is 212 g/mol. The summed E-state index contributed by atoms with van der Waals surface area (Å²) in [6, 6.07) is 6.43. The average Bonchev–Trinajstić information content (AvgIpc) is 2.55. The quantitative estimate of drug-likeness (QED) is 0.734. The second-order valence-electron chi connectivity index (χ2n) is 5.88. The second kappa shape index (κ2) is 3.26. The Labute approximate surface area is 103 Å². The molecule has 17 heavy (non-hydrogen) atoms. The van der Waals surface area contributed by atoms with Crippen molar-refractivity contribution in [3.05, 3.63) is 29.3 Å². The lowest BCUT2D eigenvalue weighted by Gasteiger charge is -2.42. The highest BCUT2D eigenvalue weighted by Crippen LogP contribution is 2.56. The number of rotatable bonds is 1. The molecule has 2 aliphatic rings. The van der Waals surface area contributed by atoms with Gasteiger partial charge in [0.05, 0.1) is 0 Å². The van der Waals surface area contributed by atoms with Gasteiger partial charge in [-0.15, -0.1) is 0 Å².